The molecule has 25 heavy (non-hydrogen) atoms. The summed E-state index contributed by atoms with van der Waals surface area (Å²) < 4.78 is 6.38. The number of aliphatic hydroxyl groups excluding tert-OH is 1. The van der Waals surface area contributed by atoms with Crippen molar-refractivity contribution >= 4 is 0 Å². The molecule has 0 saturated heterocycles. The number of phenols is 2. The summed E-state index contributed by atoms with van der Waals surface area (Å²) in [6.45, 7) is 9.17. The van der Waals surface area contributed by atoms with Gasteiger partial charge in [0.15, 0.2) is 11.5 Å². The van der Waals surface area contributed by atoms with E-state index < -0.39 is 11.7 Å². The van der Waals surface area contributed by atoms with Gasteiger partial charge in [-0.3, -0.25) is 0 Å². The fraction of sp³-hybridized carbons (Fsp3) is 0.714. The van der Waals surface area contributed by atoms with Crippen molar-refractivity contribution in [3.8, 4) is 17.2 Å². The number of benzene rings is 1. The van der Waals surface area contributed by atoms with Crippen LogP contribution in [0.1, 0.15) is 71.5 Å². The Bertz CT molecular complexity index is 712. The van der Waals surface area contributed by atoms with Crippen LogP contribution in [0.25, 0.3) is 0 Å². The highest BCUT2D eigenvalue weighted by atomic mass is 16.5. The molecule has 1 aromatic carbocycles. The van der Waals surface area contributed by atoms with Crippen molar-refractivity contribution in [2.75, 3.05) is 0 Å². The van der Waals surface area contributed by atoms with Gasteiger partial charge >= 0.3 is 0 Å². The van der Waals surface area contributed by atoms with E-state index in [0.29, 0.717) is 17.2 Å². The first-order valence-corrected chi connectivity index (χ1v) is 9.51. The predicted molar refractivity (Wildman–Crippen MR) is 95.7 cm³/mol. The SMILES string of the molecule is CC1(C)CCCC2(C)C1CCC1(C)Oc3cc(O)c(O)cc3C(O)C12. The van der Waals surface area contributed by atoms with Gasteiger partial charge in [0.05, 0.1) is 6.10 Å². The zero-order valence-electron chi connectivity index (χ0n) is 15.7. The van der Waals surface area contributed by atoms with Gasteiger partial charge in [-0.25, -0.2) is 0 Å². The smallest absolute Gasteiger partial charge is 0.161 e. The Morgan fingerprint density at radius 2 is 1.68 bits per heavy atom. The van der Waals surface area contributed by atoms with Crippen LogP contribution in [0.3, 0.4) is 0 Å². The van der Waals surface area contributed by atoms with E-state index in [4.69, 9.17) is 4.74 Å². The van der Waals surface area contributed by atoms with E-state index in [0.717, 1.165) is 19.3 Å². The summed E-state index contributed by atoms with van der Waals surface area (Å²) >= 11 is 0. The maximum atomic E-state index is 11.3. The molecule has 2 fully saturated rings. The molecule has 3 N–H and O–H groups in total. The summed E-state index contributed by atoms with van der Waals surface area (Å²) in [5, 5.41) is 31.1. The zero-order chi connectivity index (χ0) is 18.2. The van der Waals surface area contributed by atoms with Gasteiger partial charge in [0.1, 0.15) is 11.4 Å². The number of aliphatic hydroxyl groups is 1. The van der Waals surface area contributed by atoms with E-state index in [1.54, 1.807) is 0 Å². The van der Waals surface area contributed by atoms with E-state index >= 15 is 0 Å². The highest BCUT2D eigenvalue weighted by Crippen LogP contribution is 2.67. The third kappa shape index (κ3) is 2.22. The summed E-state index contributed by atoms with van der Waals surface area (Å²) in [5.74, 6) is 0.629. The molecule has 0 radical (unpaired) electrons. The van der Waals surface area contributed by atoms with E-state index in [9.17, 15) is 15.3 Å². The molecule has 0 aromatic heterocycles. The maximum absolute atomic E-state index is 11.3. The molecular formula is C21H30O4. The van der Waals surface area contributed by atoms with Crippen molar-refractivity contribution in [2.24, 2.45) is 22.7 Å². The topological polar surface area (TPSA) is 69.9 Å². The Morgan fingerprint density at radius 3 is 2.40 bits per heavy atom. The molecule has 2 aliphatic carbocycles. The lowest BCUT2D eigenvalue weighted by Gasteiger charge is -2.64. The van der Waals surface area contributed by atoms with Gasteiger partial charge in [0.2, 0.25) is 0 Å². The Morgan fingerprint density at radius 1 is 1.00 bits per heavy atom. The molecule has 1 aromatic rings. The predicted octanol–water partition coefficient (Wildman–Crippen LogP) is 4.52. The quantitative estimate of drug-likeness (QED) is 0.604. The van der Waals surface area contributed by atoms with Crippen LogP contribution in [0.5, 0.6) is 17.2 Å². The molecule has 1 heterocycles. The summed E-state index contributed by atoms with van der Waals surface area (Å²) in [5.41, 5.74) is 0.419. The zero-order valence-corrected chi connectivity index (χ0v) is 15.7. The maximum Gasteiger partial charge on any atom is 0.161 e. The number of phenolic OH excluding ortho intramolecular Hbond substituents is 2. The second-order valence-electron chi connectivity index (χ2n) is 9.66. The van der Waals surface area contributed by atoms with Gasteiger partial charge in [-0.15, -0.1) is 0 Å². The second kappa shape index (κ2) is 5.06. The normalized spacial score (nSPS) is 41.9. The van der Waals surface area contributed by atoms with E-state index in [2.05, 4.69) is 27.7 Å². The lowest BCUT2D eigenvalue weighted by molar-refractivity contribution is -0.202. The highest BCUT2D eigenvalue weighted by molar-refractivity contribution is 5.52. The first-order chi connectivity index (χ1) is 11.6. The molecule has 2 saturated carbocycles. The first kappa shape index (κ1) is 17.0. The van der Waals surface area contributed by atoms with Crippen molar-refractivity contribution < 1.29 is 20.1 Å². The van der Waals surface area contributed by atoms with Crippen molar-refractivity contribution in [3.05, 3.63) is 17.7 Å². The molecule has 1 aliphatic heterocycles. The molecule has 5 atom stereocenters. The standard InChI is InChI=1S/C21H30O4/c1-19(2)7-5-8-20(3)16(19)6-9-21(4)18(20)17(24)12-10-13(22)14(23)11-15(12)25-21/h10-11,16-18,22-24H,5-9H2,1-4H3. The molecule has 3 aliphatic rings. The van der Waals surface area contributed by atoms with Crippen molar-refractivity contribution in [3.63, 3.8) is 0 Å². The molecule has 138 valence electrons. The number of aromatic hydroxyl groups is 2. The number of hydrogen-bond acceptors (Lipinski definition) is 4. The second-order valence-corrected chi connectivity index (χ2v) is 9.66. The molecule has 5 unspecified atom stereocenters. The van der Waals surface area contributed by atoms with Gasteiger partial charge in [0.25, 0.3) is 0 Å². The van der Waals surface area contributed by atoms with Crippen molar-refractivity contribution in [1.82, 2.24) is 0 Å². The molecule has 0 spiro atoms. The minimum Gasteiger partial charge on any atom is -0.504 e. The summed E-state index contributed by atoms with van der Waals surface area (Å²) in [6, 6.07) is 2.91. The van der Waals surface area contributed by atoms with Crippen LogP contribution >= 0.6 is 0 Å². The molecule has 0 amide bonds. The van der Waals surface area contributed by atoms with Gasteiger partial charge in [-0.1, -0.05) is 27.2 Å². The van der Waals surface area contributed by atoms with E-state index in [-0.39, 0.29) is 28.2 Å². The number of ether oxygens (including phenoxy) is 1. The van der Waals surface area contributed by atoms with E-state index in [1.807, 2.05) is 0 Å². The Hall–Kier alpha value is -1.42. The Labute approximate surface area is 149 Å². The van der Waals surface area contributed by atoms with E-state index in [1.165, 1.54) is 25.0 Å². The Kier molecular flexibility index (Phi) is 3.45. The van der Waals surface area contributed by atoms with Crippen LogP contribution in [0.15, 0.2) is 12.1 Å². The van der Waals surface area contributed by atoms with Crippen LogP contribution in [-0.4, -0.2) is 20.9 Å². The summed E-state index contributed by atoms with van der Waals surface area (Å²) in [4.78, 5) is 0. The molecule has 4 nitrogen and oxygen atoms in total. The molecular weight excluding hydrogens is 316 g/mol. The number of fused-ring (bicyclic) bond motifs is 4. The van der Waals surface area contributed by atoms with Crippen molar-refractivity contribution in [2.45, 2.75) is 71.5 Å². The Balaban J connectivity index is 1.84. The lowest BCUT2D eigenvalue weighted by Crippen LogP contribution is -2.62. The average molecular weight is 346 g/mol. The monoisotopic (exact) mass is 346 g/mol. The van der Waals surface area contributed by atoms with Gasteiger partial charge < -0.3 is 20.1 Å². The van der Waals surface area contributed by atoms with Gasteiger partial charge in [-0.05, 0) is 55.4 Å². The fourth-order valence-corrected chi connectivity index (χ4v) is 6.68. The number of rotatable bonds is 0. The fourth-order valence-electron chi connectivity index (χ4n) is 6.68. The van der Waals surface area contributed by atoms with Gasteiger partial charge in [0, 0.05) is 17.5 Å². The largest absolute Gasteiger partial charge is 0.504 e. The van der Waals surface area contributed by atoms with Crippen molar-refractivity contribution in [1.29, 1.82) is 0 Å². The average Bonchev–Trinajstić information content (AvgIpc) is 2.48. The van der Waals surface area contributed by atoms with Crippen LogP contribution in [-0.2, 0) is 0 Å². The van der Waals surface area contributed by atoms with Gasteiger partial charge in [-0.2, -0.15) is 0 Å². The van der Waals surface area contributed by atoms with Crippen LogP contribution < -0.4 is 4.74 Å². The third-order valence-corrected chi connectivity index (χ3v) is 7.66. The third-order valence-electron chi connectivity index (χ3n) is 7.66. The van der Waals surface area contributed by atoms with Crippen LogP contribution in [0, 0.1) is 22.7 Å². The first-order valence-electron chi connectivity index (χ1n) is 9.51. The minimum absolute atomic E-state index is 0.000633. The summed E-state index contributed by atoms with van der Waals surface area (Å²) in [7, 11) is 0. The lowest BCUT2D eigenvalue weighted by atomic mass is 9.44. The molecule has 4 heteroatoms. The highest BCUT2D eigenvalue weighted by Gasteiger charge is 2.63. The molecule has 4 rings (SSSR count). The minimum atomic E-state index is -0.693. The molecule has 0 bridgehead atoms. The van der Waals surface area contributed by atoms with Crippen LogP contribution in [0.4, 0.5) is 0 Å². The summed E-state index contributed by atoms with van der Waals surface area (Å²) in [6.07, 6.45) is 4.82. The van der Waals surface area contributed by atoms with Crippen LogP contribution in [0.2, 0.25) is 0 Å². The number of hydrogen-bond donors (Lipinski definition) is 3.